The number of nitrogens with zero attached hydrogens (tertiary/aromatic N) is 1. The van der Waals surface area contributed by atoms with E-state index >= 15 is 0 Å². The molecule has 4 heteroatoms. The highest BCUT2D eigenvalue weighted by Crippen LogP contribution is 2.32. The minimum atomic E-state index is -0.732. The summed E-state index contributed by atoms with van der Waals surface area (Å²) in [5, 5.41) is 8.84. The maximum Gasteiger partial charge on any atom is 0.303 e. The van der Waals surface area contributed by atoms with E-state index < -0.39 is 5.97 Å². The summed E-state index contributed by atoms with van der Waals surface area (Å²) in [5.74, 6) is 0.371. The van der Waals surface area contributed by atoms with Gasteiger partial charge in [0.25, 0.3) is 0 Å². The number of likely N-dealkylation sites (tertiary alicyclic amines) is 1. The van der Waals surface area contributed by atoms with Gasteiger partial charge in [0, 0.05) is 25.4 Å². The molecule has 0 bridgehead atoms. The maximum absolute atomic E-state index is 12.2. The van der Waals surface area contributed by atoms with Crippen molar-refractivity contribution >= 4 is 11.9 Å². The summed E-state index contributed by atoms with van der Waals surface area (Å²) in [7, 11) is 0. The van der Waals surface area contributed by atoms with Crippen LogP contribution in [-0.2, 0) is 9.59 Å². The van der Waals surface area contributed by atoms with Gasteiger partial charge in [-0.25, -0.2) is 0 Å². The van der Waals surface area contributed by atoms with Gasteiger partial charge in [0.15, 0.2) is 0 Å². The molecule has 0 aromatic carbocycles. The van der Waals surface area contributed by atoms with Crippen LogP contribution in [0.4, 0.5) is 0 Å². The Morgan fingerprint density at radius 3 is 2.56 bits per heavy atom. The molecule has 2 unspecified atom stereocenters. The fourth-order valence-electron chi connectivity index (χ4n) is 3.03. The summed E-state index contributed by atoms with van der Waals surface area (Å²) < 4.78 is 0. The monoisotopic (exact) mass is 253 g/mol. The summed E-state index contributed by atoms with van der Waals surface area (Å²) in [4.78, 5) is 24.9. The molecule has 102 valence electrons. The van der Waals surface area contributed by atoms with Gasteiger partial charge in [-0.05, 0) is 37.5 Å². The van der Waals surface area contributed by atoms with Crippen LogP contribution in [0.2, 0.25) is 0 Å². The number of carbonyl (C=O) groups excluding carboxylic acids is 1. The van der Waals surface area contributed by atoms with Crippen molar-refractivity contribution in [2.45, 2.75) is 45.4 Å². The molecule has 0 spiro atoms. The number of carboxylic acid groups (broad SMARTS) is 1. The summed E-state index contributed by atoms with van der Waals surface area (Å²) >= 11 is 0. The normalized spacial score (nSPS) is 26.5. The number of rotatable bonds is 4. The molecule has 18 heavy (non-hydrogen) atoms. The van der Waals surface area contributed by atoms with Crippen LogP contribution in [0.1, 0.15) is 45.4 Å². The molecule has 1 N–H and O–H groups in total. The molecule has 1 saturated carbocycles. The molecule has 2 aliphatic rings. The molecular weight excluding hydrogens is 230 g/mol. The minimum Gasteiger partial charge on any atom is -0.481 e. The Bertz CT molecular complexity index is 325. The Morgan fingerprint density at radius 2 is 2.00 bits per heavy atom. The van der Waals surface area contributed by atoms with Crippen molar-refractivity contribution < 1.29 is 14.7 Å². The SMILES string of the molecule is CC(CC(=O)O)C1CCCN(C(=O)C2CCC2)C1. The molecular formula is C14H23NO3. The molecule has 2 rings (SSSR count). The van der Waals surface area contributed by atoms with Crippen molar-refractivity contribution in [1.29, 1.82) is 0 Å². The fraction of sp³-hybridized carbons (Fsp3) is 0.857. The average molecular weight is 253 g/mol. The topological polar surface area (TPSA) is 57.6 Å². The lowest BCUT2D eigenvalue weighted by Gasteiger charge is -2.39. The van der Waals surface area contributed by atoms with Crippen LogP contribution in [-0.4, -0.2) is 35.0 Å². The molecule has 1 aliphatic carbocycles. The standard InChI is InChI=1S/C14H23NO3/c1-10(8-13(16)17)12-6-3-7-15(9-12)14(18)11-4-2-5-11/h10-12H,2-9H2,1H3,(H,16,17). The van der Waals surface area contributed by atoms with E-state index in [9.17, 15) is 9.59 Å². The quantitative estimate of drug-likeness (QED) is 0.835. The first-order valence-electron chi connectivity index (χ1n) is 7.08. The van der Waals surface area contributed by atoms with Crippen molar-refractivity contribution in [2.24, 2.45) is 17.8 Å². The number of aliphatic carboxylic acids is 1. The first kappa shape index (κ1) is 13.4. The number of piperidine rings is 1. The Hall–Kier alpha value is -1.06. The van der Waals surface area contributed by atoms with Crippen LogP contribution in [0, 0.1) is 17.8 Å². The van der Waals surface area contributed by atoms with Crippen molar-refractivity contribution in [2.75, 3.05) is 13.1 Å². The summed E-state index contributed by atoms with van der Waals surface area (Å²) in [6, 6.07) is 0. The first-order chi connectivity index (χ1) is 8.58. The van der Waals surface area contributed by atoms with Crippen LogP contribution in [0.5, 0.6) is 0 Å². The van der Waals surface area contributed by atoms with E-state index in [1.54, 1.807) is 0 Å². The second-order valence-corrected chi connectivity index (χ2v) is 5.89. The van der Waals surface area contributed by atoms with Crippen LogP contribution >= 0.6 is 0 Å². The molecule has 1 saturated heterocycles. The van der Waals surface area contributed by atoms with Gasteiger partial charge >= 0.3 is 5.97 Å². The predicted molar refractivity (Wildman–Crippen MR) is 68.1 cm³/mol. The van der Waals surface area contributed by atoms with E-state index in [2.05, 4.69) is 0 Å². The van der Waals surface area contributed by atoms with Gasteiger partial charge in [-0.3, -0.25) is 9.59 Å². The van der Waals surface area contributed by atoms with Crippen molar-refractivity contribution in [3.63, 3.8) is 0 Å². The molecule has 1 amide bonds. The second-order valence-electron chi connectivity index (χ2n) is 5.89. The minimum absolute atomic E-state index is 0.166. The molecule has 2 fully saturated rings. The largest absolute Gasteiger partial charge is 0.481 e. The maximum atomic E-state index is 12.2. The van der Waals surface area contributed by atoms with Crippen molar-refractivity contribution in [3.8, 4) is 0 Å². The van der Waals surface area contributed by atoms with E-state index in [0.29, 0.717) is 11.8 Å². The Balaban J connectivity index is 1.87. The highest BCUT2D eigenvalue weighted by Gasteiger charge is 2.33. The van der Waals surface area contributed by atoms with Crippen LogP contribution in [0.15, 0.2) is 0 Å². The molecule has 1 heterocycles. The summed E-state index contributed by atoms with van der Waals surface area (Å²) in [5.41, 5.74) is 0. The van der Waals surface area contributed by atoms with E-state index in [4.69, 9.17) is 5.11 Å². The van der Waals surface area contributed by atoms with E-state index in [1.807, 2.05) is 11.8 Å². The fourth-order valence-corrected chi connectivity index (χ4v) is 3.03. The zero-order valence-electron chi connectivity index (χ0n) is 11.1. The van der Waals surface area contributed by atoms with E-state index in [1.165, 1.54) is 6.42 Å². The highest BCUT2D eigenvalue weighted by atomic mass is 16.4. The lowest BCUT2D eigenvalue weighted by molar-refractivity contribution is -0.141. The van der Waals surface area contributed by atoms with Crippen LogP contribution < -0.4 is 0 Å². The Kier molecular flexibility index (Phi) is 4.25. The molecule has 4 nitrogen and oxygen atoms in total. The molecule has 2 atom stereocenters. The van der Waals surface area contributed by atoms with Crippen molar-refractivity contribution in [1.82, 2.24) is 4.90 Å². The number of carbonyl (C=O) groups is 2. The Labute approximate surface area is 108 Å². The van der Waals surface area contributed by atoms with Crippen LogP contribution in [0.3, 0.4) is 0 Å². The van der Waals surface area contributed by atoms with Gasteiger partial charge in [-0.15, -0.1) is 0 Å². The first-order valence-corrected chi connectivity index (χ1v) is 7.08. The van der Waals surface area contributed by atoms with Gasteiger partial charge < -0.3 is 10.0 Å². The zero-order chi connectivity index (χ0) is 13.1. The van der Waals surface area contributed by atoms with E-state index in [-0.39, 0.29) is 18.3 Å². The third kappa shape index (κ3) is 3.03. The van der Waals surface area contributed by atoms with Gasteiger partial charge in [0.1, 0.15) is 0 Å². The zero-order valence-corrected chi connectivity index (χ0v) is 11.1. The van der Waals surface area contributed by atoms with Crippen molar-refractivity contribution in [3.05, 3.63) is 0 Å². The third-order valence-corrected chi connectivity index (χ3v) is 4.53. The molecule has 0 aromatic heterocycles. The predicted octanol–water partition coefficient (Wildman–Crippen LogP) is 2.14. The van der Waals surface area contributed by atoms with E-state index in [0.717, 1.165) is 38.8 Å². The number of hydrogen-bond donors (Lipinski definition) is 1. The number of carboxylic acids is 1. The number of hydrogen-bond acceptors (Lipinski definition) is 2. The summed E-state index contributed by atoms with van der Waals surface area (Å²) in [6.07, 6.45) is 5.57. The van der Waals surface area contributed by atoms with Gasteiger partial charge in [0.05, 0.1) is 0 Å². The number of amides is 1. The van der Waals surface area contributed by atoms with Crippen LogP contribution in [0.25, 0.3) is 0 Å². The lowest BCUT2D eigenvalue weighted by atomic mass is 9.81. The smallest absolute Gasteiger partial charge is 0.303 e. The lowest BCUT2D eigenvalue weighted by Crippen LogP contribution is -2.45. The van der Waals surface area contributed by atoms with Gasteiger partial charge in [-0.2, -0.15) is 0 Å². The van der Waals surface area contributed by atoms with Gasteiger partial charge in [0.2, 0.25) is 5.91 Å². The summed E-state index contributed by atoms with van der Waals surface area (Å²) in [6.45, 7) is 3.63. The molecule has 0 aromatic rings. The highest BCUT2D eigenvalue weighted by molar-refractivity contribution is 5.79. The second kappa shape index (κ2) is 5.72. The Morgan fingerprint density at radius 1 is 1.28 bits per heavy atom. The molecule has 1 aliphatic heterocycles. The van der Waals surface area contributed by atoms with Gasteiger partial charge in [-0.1, -0.05) is 13.3 Å². The molecule has 0 radical (unpaired) electrons. The third-order valence-electron chi connectivity index (χ3n) is 4.53. The average Bonchev–Trinajstić information content (AvgIpc) is 2.26.